The number of nitrogens with zero attached hydrogens (tertiary/aromatic N) is 1. The van der Waals surface area contributed by atoms with Gasteiger partial charge >= 0.3 is 5.97 Å². The second-order valence-electron chi connectivity index (χ2n) is 7.92. The second-order valence-corrected chi connectivity index (χ2v) is 7.92. The van der Waals surface area contributed by atoms with E-state index in [1.54, 1.807) is 36.4 Å². The summed E-state index contributed by atoms with van der Waals surface area (Å²) in [4.78, 5) is 24.4. The summed E-state index contributed by atoms with van der Waals surface area (Å²) in [5.41, 5.74) is 2.39. The fourth-order valence-electron chi connectivity index (χ4n) is 3.83. The number of benzene rings is 2. The van der Waals surface area contributed by atoms with Crippen molar-refractivity contribution in [3.63, 3.8) is 0 Å². The third kappa shape index (κ3) is 6.44. The van der Waals surface area contributed by atoms with Crippen LogP contribution in [0, 0.1) is 0 Å². The van der Waals surface area contributed by atoms with Crippen LogP contribution in [-0.2, 0) is 9.59 Å². The Bertz CT molecular complexity index is 877. The quantitative estimate of drug-likeness (QED) is 0.410. The maximum atomic E-state index is 11.5. The van der Waals surface area contributed by atoms with Gasteiger partial charge in [0.15, 0.2) is 0 Å². The summed E-state index contributed by atoms with van der Waals surface area (Å²) >= 11 is 0. The summed E-state index contributed by atoms with van der Waals surface area (Å²) in [7, 11) is 0. The molecule has 2 aromatic carbocycles. The molecule has 166 valence electrons. The van der Waals surface area contributed by atoms with E-state index in [-0.39, 0.29) is 11.8 Å². The number of aliphatic hydroxyl groups is 1. The lowest BCUT2D eigenvalue weighted by atomic mass is 9.99. The van der Waals surface area contributed by atoms with Gasteiger partial charge in [0, 0.05) is 36.5 Å². The fraction of sp³-hybridized carbons (Fsp3) is 0.391. The monoisotopic (exact) mass is 427 g/mol. The van der Waals surface area contributed by atoms with Crippen LogP contribution in [-0.4, -0.2) is 52.4 Å². The lowest BCUT2D eigenvalue weighted by Crippen LogP contribution is -2.47. The first-order valence-corrected chi connectivity index (χ1v) is 10.4. The lowest BCUT2D eigenvalue weighted by Gasteiger charge is -2.36. The highest BCUT2D eigenvalue weighted by molar-refractivity contribution is 6.01. The van der Waals surface area contributed by atoms with Gasteiger partial charge in [0.1, 0.15) is 12.2 Å². The molecule has 0 bridgehead atoms. The Morgan fingerprint density at radius 3 is 2.26 bits per heavy atom. The van der Waals surface area contributed by atoms with Gasteiger partial charge in [-0.2, -0.15) is 0 Å². The van der Waals surface area contributed by atoms with Crippen LogP contribution >= 0.6 is 0 Å². The van der Waals surface area contributed by atoms with Gasteiger partial charge in [0.05, 0.1) is 6.10 Å². The van der Waals surface area contributed by atoms with Gasteiger partial charge in [-0.25, -0.2) is 0 Å². The van der Waals surface area contributed by atoms with Gasteiger partial charge in [-0.15, -0.1) is 0 Å². The summed E-state index contributed by atoms with van der Waals surface area (Å²) in [6.07, 6.45) is 0.665. The average molecular weight is 428 g/mol. The summed E-state index contributed by atoms with van der Waals surface area (Å²) in [5, 5.41) is 34.7. The second kappa shape index (κ2) is 10.3. The summed E-state index contributed by atoms with van der Waals surface area (Å²) in [6.45, 7) is 3.69. The first kappa shape index (κ1) is 22.6. The number of anilines is 2. The molecule has 0 radical (unpaired) electrons. The number of hydrogen-bond acceptors (Lipinski definition) is 6. The molecule has 0 saturated carbocycles. The van der Waals surface area contributed by atoms with Gasteiger partial charge in [-0.3, -0.25) is 9.59 Å². The fourth-order valence-corrected chi connectivity index (χ4v) is 3.83. The van der Waals surface area contributed by atoms with Crippen molar-refractivity contribution in [2.45, 2.75) is 44.4 Å². The van der Waals surface area contributed by atoms with Crippen LogP contribution in [0.25, 0.3) is 0 Å². The number of carboxylic acids is 1. The van der Waals surface area contributed by atoms with E-state index in [2.05, 4.69) is 15.5 Å². The van der Waals surface area contributed by atoms with E-state index in [0.29, 0.717) is 11.7 Å². The molecule has 0 spiro atoms. The van der Waals surface area contributed by atoms with Crippen LogP contribution in [0.1, 0.15) is 37.9 Å². The molecule has 1 aliphatic heterocycles. The smallest absolute Gasteiger partial charge is 0.312 e. The molecule has 5 N–H and O–H groups in total. The number of aromatic hydroxyl groups is 1. The van der Waals surface area contributed by atoms with E-state index in [1.807, 2.05) is 19.1 Å². The molecule has 8 nitrogen and oxygen atoms in total. The molecule has 2 atom stereocenters. The highest BCUT2D eigenvalue weighted by Gasteiger charge is 2.24. The van der Waals surface area contributed by atoms with Crippen molar-refractivity contribution in [3.05, 3.63) is 54.1 Å². The number of aliphatic hydroxyl groups excluding tert-OH is 1. The number of piperidine rings is 1. The zero-order valence-corrected chi connectivity index (χ0v) is 17.5. The first-order valence-electron chi connectivity index (χ1n) is 10.4. The molecule has 0 unspecified atom stereocenters. The van der Waals surface area contributed by atoms with E-state index < -0.39 is 24.4 Å². The number of carbonyl (C=O) groups is 2. The number of aliphatic carboxylic acids is 1. The molecule has 1 fully saturated rings. The van der Waals surface area contributed by atoms with Crippen molar-refractivity contribution in [1.82, 2.24) is 5.32 Å². The van der Waals surface area contributed by atoms with E-state index in [4.69, 9.17) is 5.11 Å². The maximum Gasteiger partial charge on any atom is 0.312 e. The summed E-state index contributed by atoms with van der Waals surface area (Å²) in [5.74, 6) is -1.52. The first-order chi connectivity index (χ1) is 14.8. The van der Waals surface area contributed by atoms with Gasteiger partial charge in [0.25, 0.3) is 0 Å². The zero-order valence-electron chi connectivity index (χ0n) is 17.5. The Balaban J connectivity index is 1.47. The number of amides is 1. The van der Waals surface area contributed by atoms with Crippen LogP contribution in [0.5, 0.6) is 5.75 Å². The predicted octanol–water partition coefficient (Wildman–Crippen LogP) is 2.49. The topological polar surface area (TPSA) is 122 Å². The average Bonchev–Trinajstić information content (AvgIpc) is 2.74. The molecular formula is C23H29N3O5. The van der Waals surface area contributed by atoms with Crippen molar-refractivity contribution in [3.8, 4) is 5.75 Å². The number of carbonyl (C=O) groups excluding carboxylic acids is 1. The van der Waals surface area contributed by atoms with Crippen molar-refractivity contribution in [2.24, 2.45) is 0 Å². The molecular weight excluding hydrogens is 398 g/mol. The highest BCUT2D eigenvalue weighted by Crippen LogP contribution is 2.24. The minimum absolute atomic E-state index is 0.116. The SMILES string of the molecule is C[C@H](NC1CCN(c2ccc(NC(=O)CC(=O)O)cc2)CC1)[C@H](O)c1ccc(O)cc1. The molecule has 1 amide bonds. The molecule has 0 aromatic heterocycles. The summed E-state index contributed by atoms with van der Waals surface area (Å²) < 4.78 is 0. The minimum Gasteiger partial charge on any atom is -0.508 e. The molecule has 0 aliphatic carbocycles. The molecule has 1 saturated heterocycles. The van der Waals surface area contributed by atoms with E-state index >= 15 is 0 Å². The predicted molar refractivity (Wildman–Crippen MR) is 118 cm³/mol. The number of nitrogens with one attached hydrogen (secondary N) is 2. The maximum absolute atomic E-state index is 11.5. The standard InChI is InChI=1S/C23H29N3O5/c1-15(23(31)16-2-8-20(27)9-3-16)24-18-10-12-26(13-11-18)19-6-4-17(5-7-19)25-21(28)14-22(29)30/h2-9,15,18,23-24,27,31H,10-14H2,1H3,(H,25,28)(H,29,30)/t15-,23-/m0/s1. The van der Waals surface area contributed by atoms with Gasteiger partial charge < -0.3 is 30.9 Å². The van der Waals surface area contributed by atoms with E-state index in [1.165, 1.54) is 0 Å². The molecule has 1 heterocycles. The lowest BCUT2D eigenvalue weighted by molar-refractivity contribution is -0.139. The Hall–Kier alpha value is -3.10. The Morgan fingerprint density at radius 2 is 1.68 bits per heavy atom. The Morgan fingerprint density at radius 1 is 1.06 bits per heavy atom. The number of hydrogen-bond donors (Lipinski definition) is 5. The normalized spacial score (nSPS) is 16.5. The molecule has 1 aliphatic rings. The molecule has 3 rings (SSSR count). The largest absolute Gasteiger partial charge is 0.508 e. The van der Waals surface area contributed by atoms with Crippen LogP contribution in [0.4, 0.5) is 11.4 Å². The number of phenolic OH excluding ortho intramolecular Hbond substituents is 1. The highest BCUT2D eigenvalue weighted by atomic mass is 16.4. The third-order valence-electron chi connectivity index (χ3n) is 5.53. The van der Waals surface area contributed by atoms with Crippen LogP contribution in [0.3, 0.4) is 0 Å². The van der Waals surface area contributed by atoms with Crippen LogP contribution in [0.2, 0.25) is 0 Å². The van der Waals surface area contributed by atoms with Gasteiger partial charge in [-0.1, -0.05) is 12.1 Å². The Kier molecular flexibility index (Phi) is 7.49. The Labute approximate surface area is 181 Å². The van der Waals surface area contributed by atoms with E-state index in [9.17, 15) is 19.8 Å². The van der Waals surface area contributed by atoms with Crippen molar-refractivity contribution in [1.29, 1.82) is 0 Å². The molecule has 8 heteroatoms. The van der Waals surface area contributed by atoms with Crippen LogP contribution < -0.4 is 15.5 Å². The third-order valence-corrected chi connectivity index (χ3v) is 5.53. The van der Waals surface area contributed by atoms with Crippen molar-refractivity contribution in [2.75, 3.05) is 23.3 Å². The van der Waals surface area contributed by atoms with Gasteiger partial charge in [0.2, 0.25) is 5.91 Å². The van der Waals surface area contributed by atoms with E-state index in [0.717, 1.165) is 37.2 Å². The number of phenols is 1. The number of carboxylic acid groups (broad SMARTS) is 1. The van der Waals surface area contributed by atoms with Crippen molar-refractivity contribution >= 4 is 23.3 Å². The van der Waals surface area contributed by atoms with Gasteiger partial charge in [-0.05, 0) is 61.7 Å². The molecule has 2 aromatic rings. The molecule has 31 heavy (non-hydrogen) atoms. The summed E-state index contributed by atoms with van der Waals surface area (Å²) in [6, 6.07) is 14.2. The zero-order chi connectivity index (χ0) is 22.4. The minimum atomic E-state index is -1.16. The number of rotatable bonds is 8. The van der Waals surface area contributed by atoms with Crippen LogP contribution in [0.15, 0.2) is 48.5 Å². The van der Waals surface area contributed by atoms with Crippen molar-refractivity contribution < 1.29 is 24.9 Å².